The molecule has 0 saturated carbocycles. The van der Waals surface area contributed by atoms with E-state index < -0.39 is 36.4 Å². The number of hydrogen-bond acceptors (Lipinski definition) is 3. The molecule has 0 aliphatic rings. The standard InChI is InChI=1S/C7H7BF2O3/c9-6-2-1-5(8(12)13)7(10)4(6)3-11/h1-2,11-13H,3H2. The largest absolute Gasteiger partial charge is 0.491 e. The average Bonchev–Trinajstić information content (AvgIpc) is 2.04. The number of rotatable bonds is 2. The Hall–Kier alpha value is -0.975. The molecular formula is C7H7BF2O3. The van der Waals surface area contributed by atoms with Crippen molar-refractivity contribution >= 4 is 12.6 Å². The van der Waals surface area contributed by atoms with E-state index in [9.17, 15) is 8.78 Å². The van der Waals surface area contributed by atoms with Gasteiger partial charge >= 0.3 is 7.12 Å². The molecule has 0 bridgehead atoms. The van der Waals surface area contributed by atoms with Crippen LogP contribution in [0.25, 0.3) is 0 Å². The van der Waals surface area contributed by atoms with E-state index in [-0.39, 0.29) is 0 Å². The van der Waals surface area contributed by atoms with Gasteiger partial charge in [-0.25, -0.2) is 8.78 Å². The van der Waals surface area contributed by atoms with E-state index in [1.165, 1.54) is 0 Å². The zero-order valence-electron chi connectivity index (χ0n) is 6.54. The van der Waals surface area contributed by atoms with Crippen LogP contribution in [0.3, 0.4) is 0 Å². The number of aliphatic hydroxyl groups excluding tert-OH is 1. The Labute approximate surface area is 73.4 Å². The Morgan fingerprint density at radius 1 is 1.23 bits per heavy atom. The van der Waals surface area contributed by atoms with Crippen molar-refractivity contribution in [2.45, 2.75) is 6.61 Å². The monoisotopic (exact) mass is 188 g/mol. The Bertz CT molecular complexity index is 317. The van der Waals surface area contributed by atoms with Crippen LogP contribution in [0.2, 0.25) is 0 Å². The minimum Gasteiger partial charge on any atom is -0.423 e. The third kappa shape index (κ3) is 1.85. The SMILES string of the molecule is OCc1c(F)ccc(B(O)O)c1F. The van der Waals surface area contributed by atoms with Crippen molar-refractivity contribution in [1.29, 1.82) is 0 Å². The summed E-state index contributed by atoms with van der Waals surface area (Å²) in [4.78, 5) is 0. The highest BCUT2D eigenvalue weighted by atomic mass is 19.1. The molecule has 0 radical (unpaired) electrons. The third-order valence-electron chi connectivity index (χ3n) is 1.65. The molecule has 3 nitrogen and oxygen atoms in total. The van der Waals surface area contributed by atoms with E-state index in [0.717, 1.165) is 12.1 Å². The normalized spacial score (nSPS) is 10.2. The van der Waals surface area contributed by atoms with E-state index in [2.05, 4.69) is 0 Å². The van der Waals surface area contributed by atoms with Crippen molar-refractivity contribution in [3.63, 3.8) is 0 Å². The third-order valence-corrected chi connectivity index (χ3v) is 1.65. The van der Waals surface area contributed by atoms with Gasteiger partial charge in [0.25, 0.3) is 0 Å². The second kappa shape index (κ2) is 3.82. The van der Waals surface area contributed by atoms with Gasteiger partial charge in [0.2, 0.25) is 0 Å². The van der Waals surface area contributed by atoms with Gasteiger partial charge < -0.3 is 15.2 Å². The highest BCUT2D eigenvalue weighted by Gasteiger charge is 2.20. The molecule has 0 heterocycles. The zero-order chi connectivity index (χ0) is 10.0. The molecule has 1 aromatic rings. The molecular weight excluding hydrogens is 181 g/mol. The maximum absolute atomic E-state index is 13.1. The summed E-state index contributed by atoms with van der Waals surface area (Å²) in [6, 6.07) is 1.78. The molecule has 0 fully saturated rings. The quantitative estimate of drug-likeness (QED) is 0.529. The van der Waals surface area contributed by atoms with Gasteiger partial charge in [0, 0.05) is 11.0 Å². The molecule has 0 aliphatic heterocycles. The van der Waals surface area contributed by atoms with Gasteiger partial charge in [0.1, 0.15) is 11.6 Å². The first kappa shape index (κ1) is 10.1. The van der Waals surface area contributed by atoms with E-state index >= 15 is 0 Å². The minimum atomic E-state index is -2.01. The molecule has 6 heteroatoms. The number of aliphatic hydroxyl groups is 1. The zero-order valence-corrected chi connectivity index (χ0v) is 6.54. The lowest BCUT2D eigenvalue weighted by Gasteiger charge is -2.06. The van der Waals surface area contributed by atoms with Crippen LogP contribution in [0.15, 0.2) is 12.1 Å². The Balaban J connectivity index is 3.27. The van der Waals surface area contributed by atoms with Gasteiger partial charge in [0.05, 0.1) is 6.61 Å². The lowest BCUT2D eigenvalue weighted by atomic mass is 9.79. The van der Waals surface area contributed by atoms with Crippen molar-refractivity contribution in [2.24, 2.45) is 0 Å². The molecule has 3 N–H and O–H groups in total. The van der Waals surface area contributed by atoms with E-state index in [1.54, 1.807) is 0 Å². The van der Waals surface area contributed by atoms with Crippen LogP contribution in [-0.2, 0) is 6.61 Å². The van der Waals surface area contributed by atoms with Crippen molar-refractivity contribution in [3.8, 4) is 0 Å². The van der Waals surface area contributed by atoms with Crippen LogP contribution in [-0.4, -0.2) is 22.3 Å². The summed E-state index contributed by atoms with van der Waals surface area (Å²) in [6.07, 6.45) is 0. The van der Waals surface area contributed by atoms with Gasteiger partial charge in [-0.1, -0.05) is 6.07 Å². The van der Waals surface area contributed by atoms with Gasteiger partial charge in [-0.05, 0) is 6.07 Å². The van der Waals surface area contributed by atoms with Crippen LogP contribution >= 0.6 is 0 Å². The summed E-state index contributed by atoms with van der Waals surface area (Å²) in [5.41, 5.74) is -1.02. The van der Waals surface area contributed by atoms with Crippen molar-refractivity contribution in [3.05, 3.63) is 29.3 Å². The molecule has 1 rings (SSSR count). The van der Waals surface area contributed by atoms with E-state index in [4.69, 9.17) is 15.2 Å². The molecule has 0 unspecified atom stereocenters. The molecule has 0 aromatic heterocycles. The van der Waals surface area contributed by atoms with Crippen LogP contribution in [0, 0.1) is 11.6 Å². The summed E-state index contributed by atoms with van der Waals surface area (Å²) in [5.74, 6) is -2.04. The molecule has 1 aromatic carbocycles. The average molecular weight is 188 g/mol. The fourth-order valence-electron chi connectivity index (χ4n) is 0.960. The summed E-state index contributed by atoms with van der Waals surface area (Å²) in [6.45, 7) is -0.821. The Morgan fingerprint density at radius 3 is 2.31 bits per heavy atom. The summed E-state index contributed by atoms with van der Waals surface area (Å²) >= 11 is 0. The van der Waals surface area contributed by atoms with E-state index in [0.29, 0.717) is 0 Å². The van der Waals surface area contributed by atoms with Crippen molar-refractivity contribution in [1.82, 2.24) is 0 Å². The number of halogens is 2. The van der Waals surface area contributed by atoms with Crippen LogP contribution in [0.4, 0.5) is 8.78 Å². The first-order valence-electron chi connectivity index (χ1n) is 3.51. The first-order valence-corrected chi connectivity index (χ1v) is 3.51. The molecule has 0 aliphatic carbocycles. The first-order chi connectivity index (χ1) is 6.07. The van der Waals surface area contributed by atoms with Gasteiger partial charge in [-0.3, -0.25) is 0 Å². The smallest absolute Gasteiger partial charge is 0.423 e. The Kier molecular flexibility index (Phi) is 2.97. The molecule has 0 saturated heterocycles. The highest BCUT2D eigenvalue weighted by Crippen LogP contribution is 2.10. The number of benzene rings is 1. The lowest BCUT2D eigenvalue weighted by Crippen LogP contribution is -2.33. The topological polar surface area (TPSA) is 60.7 Å². The second-order valence-corrected chi connectivity index (χ2v) is 2.46. The molecule has 70 valence electrons. The van der Waals surface area contributed by atoms with Gasteiger partial charge in [0.15, 0.2) is 0 Å². The molecule has 0 spiro atoms. The van der Waals surface area contributed by atoms with Crippen molar-refractivity contribution in [2.75, 3.05) is 0 Å². The molecule has 13 heavy (non-hydrogen) atoms. The summed E-state index contributed by atoms with van der Waals surface area (Å²) in [7, 11) is -2.01. The second-order valence-electron chi connectivity index (χ2n) is 2.46. The van der Waals surface area contributed by atoms with Crippen LogP contribution in [0.5, 0.6) is 0 Å². The van der Waals surface area contributed by atoms with Gasteiger partial charge in [-0.15, -0.1) is 0 Å². The van der Waals surface area contributed by atoms with E-state index in [1.807, 2.05) is 0 Å². The minimum absolute atomic E-state index is 0.453. The fourth-order valence-corrected chi connectivity index (χ4v) is 0.960. The Morgan fingerprint density at radius 2 is 1.85 bits per heavy atom. The lowest BCUT2D eigenvalue weighted by molar-refractivity contribution is 0.269. The fraction of sp³-hybridized carbons (Fsp3) is 0.143. The van der Waals surface area contributed by atoms with Crippen molar-refractivity contribution < 1.29 is 23.9 Å². The number of hydrogen-bond donors (Lipinski definition) is 3. The molecule has 0 atom stereocenters. The highest BCUT2D eigenvalue weighted by molar-refractivity contribution is 6.58. The van der Waals surface area contributed by atoms with Gasteiger partial charge in [-0.2, -0.15) is 0 Å². The van der Waals surface area contributed by atoms with Crippen LogP contribution < -0.4 is 5.46 Å². The maximum Gasteiger partial charge on any atom is 0.491 e. The predicted molar refractivity (Wildman–Crippen MR) is 42.1 cm³/mol. The predicted octanol–water partition coefficient (Wildman–Crippen LogP) is -0.863. The molecule has 0 amide bonds. The summed E-state index contributed by atoms with van der Waals surface area (Å²) < 4.78 is 25.8. The maximum atomic E-state index is 13.1. The van der Waals surface area contributed by atoms with Crippen LogP contribution in [0.1, 0.15) is 5.56 Å². The summed E-state index contributed by atoms with van der Waals surface area (Å²) in [5, 5.41) is 25.8.